The first-order valence-corrected chi connectivity index (χ1v) is 26.3. The molecule has 1 aromatic rings. The highest BCUT2D eigenvalue weighted by Crippen LogP contribution is 2.17. The summed E-state index contributed by atoms with van der Waals surface area (Å²) in [7, 11) is 1.64. The second kappa shape index (κ2) is 55.0. The summed E-state index contributed by atoms with van der Waals surface area (Å²) in [6.45, 7) is 19.0. The third kappa shape index (κ3) is 45.7. The molecular weight excluding hydrogens is 1010 g/mol. The van der Waals surface area contributed by atoms with Crippen molar-refractivity contribution in [2.24, 2.45) is 5.92 Å². The minimum atomic E-state index is -1.33. The molecule has 25 heteroatoms. The number of aliphatic hydroxyl groups is 1. The number of hydrogen-bond acceptors (Lipinski definition) is 22. The van der Waals surface area contributed by atoms with Crippen LogP contribution in [0.5, 0.6) is 0 Å². The summed E-state index contributed by atoms with van der Waals surface area (Å²) in [5.41, 5.74) is 2.29. The third-order valence-corrected chi connectivity index (χ3v) is 10.2. The average molecular weight is 1100 g/mol. The van der Waals surface area contributed by atoms with Crippen LogP contribution in [0.2, 0.25) is 0 Å². The number of anilines is 1. The number of carboxylic acid groups (broad SMARTS) is 1. The lowest BCUT2D eigenvalue weighted by Gasteiger charge is -2.22. The maximum Gasteiger partial charge on any atom is 0.405 e. The van der Waals surface area contributed by atoms with Crippen LogP contribution in [0.1, 0.15) is 25.0 Å². The molecule has 76 heavy (non-hydrogen) atoms. The molecule has 2 atom stereocenters. The molecule has 0 aliphatic carbocycles. The van der Waals surface area contributed by atoms with E-state index in [1.807, 2.05) is 6.07 Å². The van der Waals surface area contributed by atoms with E-state index in [2.05, 4.69) is 16.0 Å². The van der Waals surface area contributed by atoms with Crippen LogP contribution in [0.25, 0.3) is 0 Å². The molecule has 0 saturated carbocycles. The van der Waals surface area contributed by atoms with Gasteiger partial charge >= 0.3 is 6.09 Å². The highest BCUT2D eigenvalue weighted by atomic mass is 16.6. The van der Waals surface area contributed by atoms with E-state index in [-0.39, 0.29) is 19.1 Å². The molecule has 0 bridgehead atoms. The Balaban J connectivity index is 1.79. The van der Waals surface area contributed by atoms with Gasteiger partial charge in [0, 0.05) is 19.3 Å². The monoisotopic (exact) mass is 1100 g/mol. The van der Waals surface area contributed by atoms with Crippen LogP contribution in [-0.2, 0) is 103 Å². The number of amides is 2. The van der Waals surface area contributed by atoms with Crippen molar-refractivity contribution in [3.05, 3.63) is 29.3 Å². The molecule has 0 fully saturated rings. The van der Waals surface area contributed by atoms with Gasteiger partial charge in [0.05, 0.1) is 225 Å². The Bertz CT molecular complexity index is 1460. The summed E-state index contributed by atoms with van der Waals surface area (Å²) in [4.78, 5) is 35.3. The molecule has 0 unspecified atom stereocenters. The Morgan fingerprint density at radius 2 is 0.763 bits per heavy atom. The van der Waals surface area contributed by atoms with Gasteiger partial charge in [-0.3, -0.25) is 4.79 Å². The topological polar surface area (TPSA) is 285 Å². The van der Waals surface area contributed by atoms with E-state index in [1.54, 1.807) is 33.1 Å². The zero-order valence-corrected chi connectivity index (χ0v) is 45.6. The Kier molecular flexibility index (Phi) is 51.2. The minimum absolute atomic E-state index is 0.0822. The molecular formula is C51H93N3O22. The van der Waals surface area contributed by atoms with Gasteiger partial charge in [0.25, 0.3) is 0 Å². The van der Waals surface area contributed by atoms with Gasteiger partial charge < -0.3 is 111 Å². The maximum atomic E-state index is 12.6. The number of aldehydes is 1. The molecule has 5 N–H and O–H groups in total. The fourth-order valence-corrected chi connectivity index (χ4v) is 6.15. The van der Waals surface area contributed by atoms with Gasteiger partial charge in [0.15, 0.2) is 0 Å². The Hall–Kier alpha value is -3.29. The third-order valence-electron chi connectivity index (χ3n) is 10.2. The van der Waals surface area contributed by atoms with Crippen molar-refractivity contribution in [1.29, 1.82) is 0 Å². The summed E-state index contributed by atoms with van der Waals surface area (Å²) in [6.07, 6.45) is -0.207. The van der Waals surface area contributed by atoms with Gasteiger partial charge in [-0.15, -0.1) is 0 Å². The first-order chi connectivity index (χ1) is 37.3. The van der Waals surface area contributed by atoms with Crippen LogP contribution < -0.4 is 16.0 Å². The summed E-state index contributed by atoms with van der Waals surface area (Å²) in [6, 6.07) is 3.50. The van der Waals surface area contributed by atoms with Crippen LogP contribution in [0.15, 0.2) is 18.2 Å². The zero-order valence-electron chi connectivity index (χ0n) is 45.6. The molecule has 0 spiro atoms. The number of nitrogens with one attached hydrogen (secondary N) is 3. The van der Waals surface area contributed by atoms with E-state index in [4.69, 9.17) is 85.6 Å². The fraction of sp³-hybridized carbons (Fsp3) is 0.824. The smallest absolute Gasteiger partial charge is 0.405 e. The number of carbonyl (C=O) groups is 3. The van der Waals surface area contributed by atoms with Crippen molar-refractivity contribution in [2.45, 2.75) is 39.0 Å². The highest BCUT2D eigenvalue weighted by Gasteiger charge is 2.26. The Morgan fingerprint density at radius 3 is 1.03 bits per heavy atom. The van der Waals surface area contributed by atoms with Crippen LogP contribution in [-0.4, -0.2) is 272 Å². The van der Waals surface area contributed by atoms with Crippen LogP contribution in [0.3, 0.4) is 0 Å². The van der Waals surface area contributed by atoms with Crippen molar-refractivity contribution in [3.63, 3.8) is 0 Å². The second-order valence-corrected chi connectivity index (χ2v) is 16.5. The largest absolute Gasteiger partial charge is 0.465 e. The van der Waals surface area contributed by atoms with Crippen molar-refractivity contribution < 1.29 is 105 Å². The lowest BCUT2D eigenvalue weighted by Crippen LogP contribution is -2.53. The average Bonchev–Trinajstić information content (AvgIpc) is 3.41. The molecule has 444 valence electrons. The molecule has 0 aromatic heterocycles. The van der Waals surface area contributed by atoms with Gasteiger partial charge in [0.1, 0.15) is 18.4 Å². The number of hydrogen-bond donors (Lipinski definition) is 5. The summed E-state index contributed by atoms with van der Waals surface area (Å²) < 4.78 is 93.0. The van der Waals surface area contributed by atoms with Gasteiger partial charge in [-0.25, -0.2) is 4.79 Å². The number of aliphatic hydroxyl groups excluding tert-OH is 1. The van der Waals surface area contributed by atoms with E-state index in [0.717, 1.165) is 11.1 Å². The fourth-order valence-electron chi connectivity index (χ4n) is 6.15. The lowest BCUT2D eigenvalue weighted by atomic mass is 10.0. The number of rotatable bonds is 60. The van der Waals surface area contributed by atoms with E-state index in [9.17, 15) is 19.5 Å². The molecule has 1 aromatic carbocycles. The number of carbonyl (C=O) groups excluding carboxylic acids is 2. The normalized spacial score (nSPS) is 12.3. The second-order valence-electron chi connectivity index (χ2n) is 16.5. The maximum absolute atomic E-state index is 12.6. The summed E-state index contributed by atoms with van der Waals surface area (Å²) in [5, 5.41) is 26.7. The number of ether oxygens (including phenoxy) is 17. The number of methoxy groups -OCH3 is 1. The Labute approximate surface area is 450 Å². The van der Waals surface area contributed by atoms with Crippen molar-refractivity contribution in [1.82, 2.24) is 10.6 Å². The molecule has 0 heterocycles. The minimum Gasteiger partial charge on any atom is -0.465 e. The predicted octanol–water partition coefficient (Wildman–Crippen LogP) is 1.02. The molecule has 0 aliphatic rings. The predicted molar refractivity (Wildman–Crippen MR) is 277 cm³/mol. The highest BCUT2D eigenvalue weighted by molar-refractivity contribution is 5.87. The zero-order chi connectivity index (χ0) is 55.0. The van der Waals surface area contributed by atoms with Crippen LogP contribution in [0.4, 0.5) is 10.5 Å². The summed E-state index contributed by atoms with van der Waals surface area (Å²) in [5.74, 6) is -0.904. The van der Waals surface area contributed by atoms with Gasteiger partial charge in [-0.1, -0.05) is 19.9 Å². The van der Waals surface area contributed by atoms with Gasteiger partial charge in [-0.05, 0) is 35.6 Å². The van der Waals surface area contributed by atoms with Crippen molar-refractivity contribution in [3.8, 4) is 0 Å². The number of benzene rings is 1. The van der Waals surface area contributed by atoms with E-state index >= 15 is 0 Å². The van der Waals surface area contributed by atoms with E-state index in [0.29, 0.717) is 236 Å². The van der Waals surface area contributed by atoms with Crippen molar-refractivity contribution >= 4 is 24.0 Å². The molecule has 25 nitrogen and oxygen atoms in total. The van der Waals surface area contributed by atoms with E-state index in [1.165, 1.54) is 0 Å². The van der Waals surface area contributed by atoms with Gasteiger partial charge in [-0.2, -0.15) is 0 Å². The molecule has 0 radical (unpaired) electrons. The molecule has 1 rings (SSSR count). The van der Waals surface area contributed by atoms with Gasteiger partial charge in [0.2, 0.25) is 5.91 Å². The summed E-state index contributed by atoms with van der Waals surface area (Å²) >= 11 is 0. The van der Waals surface area contributed by atoms with Crippen LogP contribution >= 0.6 is 0 Å². The first kappa shape index (κ1) is 70.7. The Morgan fingerprint density at radius 1 is 0.461 bits per heavy atom. The van der Waals surface area contributed by atoms with Crippen molar-refractivity contribution in [2.75, 3.05) is 237 Å². The first-order valence-electron chi connectivity index (χ1n) is 26.3. The lowest BCUT2D eigenvalue weighted by molar-refractivity contribution is -0.126. The van der Waals surface area contributed by atoms with Crippen LogP contribution in [0, 0.1) is 5.92 Å². The van der Waals surface area contributed by atoms with E-state index < -0.39 is 24.1 Å². The molecule has 2 amide bonds. The standard InChI is InChI=1S/C51H93N3O22/c1-44(2)49(54-51(58)59)50(57)53-48(43-56)41-52-47-5-4-46(42-55)45(40-47)6-7-61-10-11-63-14-15-65-18-19-67-22-23-69-26-27-71-30-31-73-34-35-75-38-39-76-37-36-74-33-32-72-29-28-70-25-24-68-21-20-66-17-16-64-13-12-62-9-8-60-3/h4-5,40,43-44,48-49,52,54-55H,6-39,41-42H2,1-3H3,(H,53,57)(H,58,59)/t48-,49-/m0/s1. The molecule has 0 saturated heterocycles. The quantitative estimate of drug-likeness (QED) is 0.0450. The molecule has 0 aliphatic heterocycles. The SMILES string of the molecule is COCCOCCOCCOCCOCCOCCOCCOCCOCCOCCOCCOCCOCCOCCOCCOCCOCCc1cc(NC[C@@H](C=O)NC(=O)[C@@H](NC(=O)O)C(C)C)ccc1CO.